The van der Waals surface area contributed by atoms with Gasteiger partial charge in [0.1, 0.15) is 13.6 Å². The van der Waals surface area contributed by atoms with Crippen molar-refractivity contribution in [2.75, 3.05) is 76.2 Å². The van der Waals surface area contributed by atoms with E-state index < -0.39 is 0 Å². The summed E-state index contributed by atoms with van der Waals surface area (Å²) in [5, 5.41) is 9.63. The SMILES string of the molecule is O=C1CCC(=O)N1c1cccc(N2C(=O)CCC2=O)c1-c1cnc2c3[c-]cccc3c3ccccc3n12.[Ir].[Ir].[Ir].[c-]1cccc2c1c1ncc(-c3c(C4CCOCC4)cc(-c4ccccc4)cc3C3CCOCC3)n1c1ccccc21.[c-]1cccc2c1c1ncc(-c3c(C4COCOC4)cccc3C3COCOC3)n1c1ccccc21. The maximum absolute atomic E-state index is 12.8. The number of fused-ring (bicyclic) bond motifs is 18. The number of carbonyl (C=O) groups excluding carboxylic acids is 4. The number of imidazole rings is 3. The van der Waals surface area contributed by atoms with Gasteiger partial charge in [-0.1, -0.05) is 137 Å². The second-order valence-electron chi connectivity index (χ2n) is 29.8. The van der Waals surface area contributed by atoms with Crippen LogP contribution in [0.25, 0.3) is 127 Å². The molecule has 116 heavy (non-hydrogen) atoms. The molecule has 4 amide bonds. The topological polar surface area (TPSA) is 182 Å². The molecule has 3 radical (unpaired) electrons. The molecular formula is C95H77Ir3N8O10-3. The van der Waals surface area contributed by atoms with Crippen LogP contribution < -0.4 is 9.80 Å². The predicted molar refractivity (Wildman–Crippen MR) is 437 cm³/mol. The predicted octanol–water partition coefficient (Wildman–Crippen LogP) is 18.3. The Labute approximate surface area is 709 Å². The van der Waals surface area contributed by atoms with Gasteiger partial charge < -0.3 is 41.6 Å². The van der Waals surface area contributed by atoms with Crippen molar-refractivity contribution in [2.24, 2.45) is 0 Å². The smallest absolute Gasteiger partial charge is 0.234 e. The maximum atomic E-state index is 12.8. The number of anilines is 2. The van der Waals surface area contributed by atoms with Crippen LogP contribution in [-0.4, -0.2) is 118 Å². The summed E-state index contributed by atoms with van der Waals surface area (Å²) in [6.07, 6.45) is 10.4. The first kappa shape index (κ1) is 78.3. The van der Waals surface area contributed by atoms with E-state index in [4.69, 9.17) is 43.4 Å². The second kappa shape index (κ2) is 33.8. The van der Waals surface area contributed by atoms with Crippen LogP contribution in [0.1, 0.15) is 97.3 Å². The van der Waals surface area contributed by atoms with Gasteiger partial charge in [-0.2, -0.15) is 0 Å². The second-order valence-corrected chi connectivity index (χ2v) is 29.8. The van der Waals surface area contributed by atoms with Crippen LogP contribution in [0.4, 0.5) is 11.4 Å². The van der Waals surface area contributed by atoms with Gasteiger partial charge in [0.2, 0.25) is 23.6 Å². The van der Waals surface area contributed by atoms with Gasteiger partial charge in [0, 0.05) is 176 Å². The van der Waals surface area contributed by atoms with E-state index in [1.807, 2.05) is 71.3 Å². The number of pyridine rings is 3. The third kappa shape index (κ3) is 13.9. The number of aromatic nitrogens is 6. The average molecular weight is 2070 g/mol. The fourth-order valence-corrected chi connectivity index (χ4v) is 18.3. The molecule has 0 atom stereocenters. The van der Waals surface area contributed by atoms with Gasteiger partial charge in [0.15, 0.2) is 0 Å². The van der Waals surface area contributed by atoms with Crippen LogP contribution in [0, 0.1) is 18.2 Å². The minimum atomic E-state index is -0.320. The molecule has 0 aliphatic carbocycles. The molecule has 0 N–H and O–H groups in total. The molecule has 6 aliphatic rings. The van der Waals surface area contributed by atoms with E-state index in [2.05, 4.69) is 161 Å². The molecule has 6 aliphatic heterocycles. The fraction of sp³-hybridized carbons (Fsp3) is 0.232. The number of imide groups is 2. The van der Waals surface area contributed by atoms with Crippen molar-refractivity contribution < 1.29 is 108 Å². The molecule has 0 unspecified atom stereocenters. The van der Waals surface area contributed by atoms with Crippen LogP contribution in [0.3, 0.4) is 0 Å². The molecule has 587 valence electrons. The molecule has 22 rings (SSSR count). The number of rotatable bonds is 10. The Morgan fingerprint density at radius 1 is 0.319 bits per heavy atom. The number of nitrogens with zero attached hydrogens (tertiary/aromatic N) is 8. The van der Waals surface area contributed by atoms with Gasteiger partial charge >= 0.3 is 0 Å². The third-order valence-corrected chi connectivity index (χ3v) is 23.5. The van der Waals surface area contributed by atoms with Crippen LogP contribution in [-0.2, 0) is 108 Å². The monoisotopic (exact) mass is 2070 g/mol. The summed E-state index contributed by atoms with van der Waals surface area (Å²) in [4.78, 5) is 68.5. The van der Waals surface area contributed by atoms with Crippen molar-refractivity contribution in [3.63, 3.8) is 0 Å². The number of benzene rings is 10. The summed E-state index contributed by atoms with van der Waals surface area (Å²) in [5.41, 5.74) is 19.9. The third-order valence-electron chi connectivity index (χ3n) is 23.5. The number of hydrogen-bond donors (Lipinski definition) is 0. The molecule has 0 bridgehead atoms. The molecule has 6 fully saturated rings. The Bertz CT molecular complexity index is 6320. The van der Waals surface area contributed by atoms with E-state index in [0.29, 0.717) is 80.1 Å². The number of amides is 4. The molecule has 0 spiro atoms. The molecule has 12 heterocycles. The molecule has 21 heteroatoms. The molecule has 10 aromatic carbocycles. The number of hydrogen-bond acceptors (Lipinski definition) is 13. The number of para-hydroxylation sites is 3. The molecule has 6 aromatic heterocycles. The summed E-state index contributed by atoms with van der Waals surface area (Å²) >= 11 is 0. The summed E-state index contributed by atoms with van der Waals surface area (Å²) in [7, 11) is 0. The molecule has 18 nitrogen and oxygen atoms in total. The largest absolute Gasteiger partial charge is 0.381 e. The first-order valence-corrected chi connectivity index (χ1v) is 39.0. The summed E-state index contributed by atoms with van der Waals surface area (Å²) < 4.78 is 41.2. The molecule has 0 saturated carbocycles. The van der Waals surface area contributed by atoms with Crippen molar-refractivity contribution in [3.05, 3.63) is 265 Å². The van der Waals surface area contributed by atoms with E-state index in [1.165, 1.54) is 81.7 Å². The normalized spacial score (nSPS) is 16.7. The molecule has 16 aromatic rings. The quantitative estimate of drug-likeness (QED) is 0.0717. The van der Waals surface area contributed by atoms with Gasteiger partial charge in [-0.15, -0.1) is 89.0 Å². The van der Waals surface area contributed by atoms with Crippen LogP contribution in [0.2, 0.25) is 0 Å². The average Bonchev–Trinajstić information content (AvgIpc) is 1.50. The van der Waals surface area contributed by atoms with E-state index in [1.54, 1.807) is 24.4 Å². The number of carbonyl (C=O) groups is 4. The summed E-state index contributed by atoms with van der Waals surface area (Å²) in [6, 6.07) is 80.9. The van der Waals surface area contributed by atoms with Crippen LogP contribution >= 0.6 is 0 Å². The first-order chi connectivity index (χ1) is 55.8. The Balaban J connectivity index is 0.000000124. The van der Waals surface area contributed by atoms with Crippen molar-refractivity contribution in [2.45, 2.75) is 75.0 Å². The Hall–Kier alpha value is -10.2. The Morgan fingerprint density at radius 2 is 0.655 bits per heavy atom. The Morgan fingerprint density at radius 3 is 1.04 bits per heavy atom. The van der Waals surface area contributed by atoms with E-state index in [9.17, 15) is 19.2 Å². The zero-order valence-electron chi connectivity index (χ0n) is 63.1. The minimum absolute atomic E-state index is 0. The van der Waals surface area contributed by atoms with Gasteiger partial charge in [-0.05, 0) is 117 Å². The van der Waals surface area contributed by atoms with E-state index in [0.717, 1.165) is 112 Å². The van der Waals surface area contributed by atoms with E-state index >= 15 is 0 Å². The van der Waals surface area contributed by atoms with Gasteiger partial charge in [-0.3, -0.25) is 34.1 Å². The Kier molecular flexibility index (Phi) is 22.8. The van der Waals surface area contributed by atoms with Crippen molar-refractivity contribution in [1.82, 2.24) is 28.2 Å². The van der Waals surface area contributed by atoms with Gasteiger partial charge in [-0.25, -0.2) is 9.80 Å². The summed E-state index contributed by atoms with van der Waals surface area (Å²) in [6.45, 7) is 6.43. The first-order valence-electron chi connectivity index (χ1n) is 39.0. The van der Waals surface area contributed by atoms with Crippen molar-refractivity contribution in [3.8, 4) is 44.9 Å². The maximum Gasteiger partial charge on any atom is 0.234 e. The zero-order chi connectivity index (χ0) is 75.6. The standard InChI is InChI=1S/C37H33N2O2.C29H19N4O4.C29H25N2O4.3Ir/c1-2-8-25(9-3-1)28-22-32(26-14-18-40-19-15-26)36(33(23-28)27-16-20-41-21-17-27)35-24-38-37-31-12-5-4-10-29(31)30-11-6-7-13-34(30)39(35)37;34-24-12-13-25(35)32(24)21-10-5-11-22(33-26(36)14-15-27(33)37)28(21)23-16-30-29-19-8-2-1-6-17(19)18-7-3-4-9-20(18)31(23)29;1-2-8-25-23(6-1)24-7-3-4-11-26(24)31-27(12-30-29(25)31)28-21(19-13-32-17-33-14-19)9-5-10-22(28)20-15-34-18-35-16-20;;;/h1-11,13,22-24,26-27H,14-21H2;1-7,9-11,16H,12-15H2;1-7,9-12,19-20H,13-18H2;;;/q3*-1;;;. The molecular weight excluding hydrogens is 1990 g/mol. The van der Waals surface area contributed by atoms with Crippen molar-refractivity contribution >= 4 is 117 Å². The zero-order valence-corrected chi connectivity index (χ0v) is 70.2. The van der Waals surface area contributed by atoms with E-state index in [-0.39, 0.29) is 121 Å². The van der Waals surface area contributed by atoms with Crippen LogP contribution in [0.15, 0.2) is 225 Å². The minimum Gasteiger partial charge on any atom is -0.381 e. The summed E-state index contributed by atoms with van der Waals surface area (Å²) in [5.74, 6) is -0.143. The van der Waals surface area contributed by atoms with Gasteiger partial charge in [0.25, 0.3) is 0 Å². The number of ether oxygens (including phenoxy) is 6. The van der Waals surface area contributed by atoms with Gasteiger partial charge in [0.05, 0.1) is 71.8 Å². The molecule has 6 saturated heterocycles. The van der Waals surface area contributed by atoms with Crippen LogP contribution in [0.5, 0.6) is 0 Å². The fourth-order valence-electron chi connectivity index (χ4n) is 18.3. The van der Waals surface area contributed by atoms with Crippen molar-refractivity contribution in [1.29, 1.82) is 0 Å².